The monoisotopic (exact) mass is 336 g/mol. The van der Waals surface area contributed by atoms with E-state index in [4.69, 9.17) is 16.6 Å². The van der Waals surface area contributed by atoms with Crippen molar-refractivity contribution >= 4 is 18.1 Å². The predicted octanol–water partition coefficient (Wildman–Crippen LogP) is 3.19. The summed E-state index contributed by atoms with van der Waals surface area (Å²) in [6.45, 7) is 10.9. The molecular weight excluding hydrogens is 312 g/mol. The molecule has 0 bridgehead atoms. The highest BCUT2D eigenvalue weighted by Gasteiger charge is 2.20. The topological polar surface area (TPSA) is 75.8 Å². The first kappa shape index (κ1) is 17.5. The second kappa shape index (κ2) is 7.12. The Morgan fingerprint density at radius 2 is 2.13 bits per heavy atom. The molecule has 0 aliphatic rings. The van der Waals surface area contributed by atoms with E-state index in [0.717, 1.165) is 22.9 Å². The minimum Gasteiger partial charge on any atom is -0.466 e. The van der Waals surface area contributed by atoms with Crippen LogP contribution in [-0.2, 0) is 11.3 Å². The highest BCUT2D eigenvalue weighted by molar-refractivity contribution is 7.71. The minimum atomic E-state index is -0.241. The highest BCUT2D eigenvalue weighted by atomic mass is 32.1. The SMILES string of the molecule is Cc1cc(C(C)C(=O)NCCn2c(C(C)C)n[nH]c2=S)c(C)o1. The summed E-state index contributed by atoms with van der Waals surface area (Å²) < 4.78 is 8.01. The van der Waals surface area contributed by atoms with Crippen LogP contribution < -0.4 is 5.32 Å². The van der Waals surface area contributed by atoms with Gasteiger partial charge in [0.15, 0.2) is 4.77 Å². The van der Waals surface area contributed by atoms with E-state index < -0.39 is 0 Å². The molecule has 23 heavy (non-hydrogen) atoms. The normalized spacial score (nSPS) is 12.6. The van der Waals surface area contributed by atoms with E-state index in [0.29, 0.717) is 17.9 Å². The summed E-state index contributed by atoms with van der Waals surface area (Å²) in [4.78, 5) is 12.3. The third-order valence-corrected chi connectivity index (χ3v) is 4.19. The number of hydrogen-bond donors (Lipinski definition) is 2. The number of aromatic nitrogens is 3. The van der Waals surface area contributed by atoms with Crippen LogP contribution >= 0.6 is 12.2 Å². The standard InChI is InChI=1S/C16H24N4O2S/c1-9(2)14-18-19-16(23)20(14)7-6-17-15(21)11(4)13-8-10(3)22-12(13)5/h8-9,11H,6-7H2,1-5H3,(H,17,21)(H,19,23). The lowest BCUT2D eigenvalue weighted by Gasteiger charge is -2.13. The summed E-state index contributed by atoms with van der Waals surface area (Å²) >= 11 is 5.24. The second-order valence-corrected chi connectivity index (χ2v) is 6.46. The second-order valence-electron chi connectivity index (χ2n) is 6.07. The van der Waals surface area contributed by atoms with Crippen LogP contribution in [0.1, 0.15) is 55.5 Å². The molecule has 0 aromatic carbocycles. The van der Waals surface area contributed by atoms with Crippen molar-refractivity contribution in [2.45, 2.75) is 53.0 Å². The van der Waals surface area contributed by atoms with Crippen LogP contribution in [0.2, 0.25) is 0 Å². The molecule has 2 heterocycles. The molecule has 2 N–H and O–H groups in total. The van der Waals surface area contributed by atoms with Gasteiger partial charge in [-0.2, -0.15) is 5.10 Å². The van der Waals surface area contributed by atoms with Gasteiger partial charge in [0.25, 0.3) is 0 Å². The lowest BCUT2D eigenvalue weighted by atomic mass is 10.0. The zero-order valence-electron chi connectivity index (χ0n) is 14.3. The van der Waals surface area contributed by atoms with E-state index in [9.17, 15) is 4.79 Å². The summed E-state index contributed by atoms with van der Waals surface area (Å²) in [5.74, 6) is 2.53. The first-order valence-electron chi connectivity index (χ1n) is 7.81. The number of H-pyrrole nitrogens is 1. The third kappa shape index (κ3) is 3.90. The zero-order chi connectivity index (χ0) is 17.1. The fourth-order valence-corrected chi connectivity index (χ4v) is 2.88. The number of aromatic amines is 1. The number of nitrogens with one attached hydrogen (secondary N) is 2. The molecule has 0 radical (unpaired) electrons. The summed E-state index contributed by atoms with van der Waals surface area (Å²) in [5.41, 5.74) is 0.933. The molecule has 0 aliphatic heterocycles. The highest BCUT2D eigenvalue weighted by Crippen LogP contribution is 2.23. The molecule has 0 spiro atoms. The Labute approximate surface area is 141 Å². The largest absolute Gasteiger partial charge is 0.466 e. The molecule has 2 aromatic heterocycles. The van der Waals surface area contributed by atoms with Gasteiger partial charge in [0, 0.05) is 24.6 Å². The van der Waals surface area contributed by atoms with Gasteiger partial charge < -0.3 is 14.3 Å². The van der Waals surface area contributed by atoms with E-state index >= 15 is 0 Å². The van der Waals surface area contributed by atoms with Crippen LogP contribution in [0.15, 0.2) is 10.5 Å². The maximum atomic E-state index is 12.3. The maximum Gasteiger partial charge on any atom is 0.227 e. The summed E-state index contributed by atoms with van der Waals surface area (Å²) in [5, 5.41) is 10.00. The van der Waals surface area contributed by atoms with Crippen LogP contribution in [0.3, 0.4) is 0 Å². The maximum absolute atomic E-state index is 12.3. The van der Waals surface area contributed by atoms with Gasteiger partial charge in [-0.3, -0.25) is 9.89 Å². The van der Waals surface area contributed by atoms with Gasteiger partial charge in [0.2, 0.25) is 5.91 Å². The van der Waals surface area contributed by atoms with Gasteiger partial charge in [0.1, 0.15) is 17.3 Å². The van der Waals surface area contributed by atoms with Gasteiger partial charge in [-0.25, -0.2) is 0 Å². The van der Waals surface area contributed by atoms with Crippen LogP contribution in [0.4, 0.5) is 0 Å². The first-order chi connectivity index (χ1) is 10.8. The Bertz CT molecular complexity index is 742. The summed E-state index contributed by atoms with van der Waals surface area (Å²) in [6, 6.07) is 1.92. The number of aryl methyl sites for hydroxylation is 2. The van der Waals surface area contributed by atoms with Crippen LogP contribution in [0.5, 0.6) is 0 Å². The Balaban J connectivity index is 1.96. The Morgan fingerprint density at radius 3 is 2.70 bits per heavy atom. The number of rotatable bonds is 6. The lowest BCUT2D eigenvalue weighted by molar-refractivity contribution is -0.122. The van der Waals surface area contributed by atoms with Crippen LogP contribution in [0, 0.1) is 18.6 Å². The molecule has 1 amide bonds. The van der Waals surface area contributed by atoms with Crippen molar-refractivity contribution in [2.24, 2.45) is 0 Å². The van der Waals surface area contributed by atoms with Crippen molar-refractivity contribution in [1.29, 1.82) is 0 Å². The third-order valence-electron chi connectivity index (χ3n) is 3.88. The first-order valence-corrected chi connectivity index (χ1v) is 8.21. The quantitative estimate of drug-likeness (QED) is 0.794. The lowest BCUT2D eigenvalue weighted by Crippen LogP contribution is -2.31. The minimum absolute atomic E-state index is 0.0185. The summed E-state index contributed by atoms with van der Waals surface area (Å²) in [7, 11) is 0. The molecule has 7 heteroatoms. The molecule has 0 aliphatic carbocycles. The van der Waals surface area contributed by atoms with E-state index in [1.807, 2.05) is 31.4 Å². The van der Waals surface area contributed by atoms with Crippen LogP contribution in [0.25, 0.3) is 0 Å². The van der Waals surface area contributed by atoms with Gasteiger partial charge in [0.05, 0.1) is 5.92 Å². The van der Waals surface area contributed by atoms with E-state index in [-0.39, 0.29) is 17.7 Å². The molecule has 0 saturated heterocycles. The van der Waals surface area contributed by atoms with Crippen molar-refractivity contribution in [3.8, 4) is 0 Å². The average molecular weight is 336 g/mol. The molecule has 2 aromatic rings. The zero-order valence-corrected chi connectivity index (χ0v) is 15.1. The molecule has 1 atom stereocenters. The number of carbonyl (C=O) groups is 1. The number of hydrogen-bond acceptors (Lipinski definition) is 4. The smallest absolute Gasteiger partial charge is 0.227 e. The van der Waals surface area contributed by atoms with Crippen molar-refractivity contribution < 1.29 is 9.21 Å². The van der Waals surface area contributed by atoms with E-state index in [1.54, 1.807) is 0 Å². The number of nitrogens with zero attached hydrogens (tertiary/aromatic N) is 2. The van der Waals surface area contributed by atoms with Gasteiger partial charge in [-0.1, -0.05) is 13.8 Å². The number of amides is 1. The Kier molecular flexibility index (Phi) is 5.41. The molecular formula is C16H24N4O2S. The molecule has 0 saturated carbocycles. The van der Waals surface area contributed by atoms with Crippen molar-refractivity contribution in [3.05, 3.63) is 33.7 Å². The summed E-state index contributed by atoms with van der Waals surface area (Å²) in [6.07, 6.45) is 0. The number of carbonyl (C=O) groups excluding carboxylic acids is 1. The van der Waals surface area contributed by atoms with Crippen LogP contribution in [-0.4, -0.2) is 27.2 Å². The molecule has 0 fully saturated rings. The fourth-order valence-electron chi connectivity index (χ4n) is 2.65. The average Bonchev–Trinajstić information content (AvgIpc) is 3.01. The molecule has 1 unspecified atom stereocenters. The van der Waals surface area contributed by atoms with Crippen molar-refractivity contribution in [2.75, 3.05) is 6.54 Å². The van der Waals surface area contributed by atoms with Gasteiger partial charge >= 0.3 is 0 Å². The molecule has 126 valence electrons. The van der Waals surface area contributed by atoms with Gasteiger partial charge in [-0.05, 0) is 39.1 Å². The Hall–Kier alpha value is -1.89. The Morgan fingerprint density at radius 1 is 1.43 bits per heavy atom. The molecule has 2 rings (SSSR count). The van der Waals surface area contributed by atoms with Crippen molar-refractivity contribution in [3.63, 3.8) is 0 Å². The van der Waals surface area contributed by atoms with E-state index in [2.05, 4.69) is 29.4 Å². The predicted molar refractivity (Wildman–Crippen MR) is 91.1 cm³/mol. The van der Waals surface area contributed by atoms with E-state index in [1.165, 1.54) is 0 Å². The number of furan rings is 1. The van der Waals surface area contributed by atoms with Crippen molar-refractivity contribution in [1.82, 2.24) is 20.1 Å². The fraction of sp³-hybridized carbons (Fsp3) is 0.562. The van der Waals surface area contributed by atoms with Gasteiger partial charge in [-0.15, -0.1) is 0 Å². The molecule has 6 nitrogen and oxygen atoms in total.